The van der Waals surface area contributed by atoms with Crippen molar-refractivity contribution in [1.29, 1.82) is 0 Å². The van der Waals surface area contributed by atoms with Gasteiger partial charge in [-0.1, -0.05) is 0 Å². The van der Waals surface area contributed by atoms with E-state index in [4.69, 9.17) is 5.11 Å². The second-order valence-electron chi connectivity index (χ2n) is 9.68. The Morgan fingerprint density at radius 1 is 1.10 bits per heavy atom. The molecule has 214 valence electrons. The van der Waals surface area contributed by atoms with Crippen LogP contribution in [0.5, 0.6) is 0 Å². The lowest BCUT2D eigenvalue weighted by Crippen LogP contribution is -2.55. The maximum absolute atomic E-state index is 14.1. The van der Waals surface area contributed by atoms with E-state index in [-0.39, 0.29) is 27.9 Å². The van der Waals surface area contributed by atoms with Crippen LogP contribution in [0.2, 0.25) is 0 Å². The molecule has 0 spiro atoms. The summed E-state index contributed by atoms with van der Waals surface area (Å²) >= 11 is 0. The van der Waals surface area contributed by atoms with Crippen LogP contribution in [0.25, 0.3) is 10.9 Å². The molecule has 1 aromatic heterocycles. The maximum Gasteiger partial charge on any atom is 0.416 e. The fraction of sp³-hybridized carbons (Fsp3) is 0.385. The van der Waals surface area contributed by atoms with Gasteiger partial charge in [0.2, 0.25) is 0 Å². The molecule has 1 unspecified atom stereocenters. The lowest BCUT2D eigenvalue weighted by molar-refractivity contribution is -0.202. The van der Waals surface area contributed by atoms with Gasteiger partial charge in [-0.2, -0.15) is 26.3 Å². The number of alkyl halides is 6. The van der Waals surface area contributed by atoms with Gasteiger partial charge in [-0.3, -0.25) is 19.0 Å². The molecule has 0 radical (unpaired) electrons. The molecule has 3 aromatic rings. The SMILES string of the molecule is Cc1nc2cc(C(F)(F)F)c(C(C)N(C)c3ccc(C(=O)N4CC(C(F)(F)F)C4)cc3)cc2c(=O)n1CC(=O)O. The third-order valence-electron chi connectivity index (χ3n) is 7.10. The summed E-state index contributed by atoms with van der Waals surface area (Å²) in [6, 6.07) is 6.55. The fourth-order valence-electron chi connectivity index (χ4n) is 4.61. The summed E-state index contributed by atoms with van der Waals surface area (Å²) < 4.78 is 81.3. The minimum absolute atomic E-state index is 0.0484. The molecular formula is C26H24F6N4O4. The summed E-state index contributed by atoms with van der Waals surface area (Å²) in [6.07, 6.45) is -9.18. The molecule has 2 aromatic carbocycles. The van der Waals surface area contributed by atoms with E-state index in [2.05, 4.69) is 4.98 Å². The highest BCUT2D eigenvalue weighted by atomic mass is 19.4. The number of carbonyl (C=O) groups excluding carboxylic acids is 1. The molecular weight excluding hydrogens is 546 g/mol. The smallest absolute Gasteiger partial charge is 0.416 e. The predicted octanol–water partition coefficient (Wildman–Crippen LogP) is 4.64. The highest BCUT2D eigenvalue weighted by molar-refractivity contribution is 5.95. The molecule has 1 amide bonds. The van der Waals surface area contributed by atoms with E-state index in [9.17, 15) is 40.7 Å². The fourth-order valence-corrected chi connectivity index (χ4v) is 4.61. The van der Waals surface area contributed by atoms with E-state index >= 15 is 0 Å². The highest BCUT2D eigenvalue weighted by Crippen LogP contribution is 2.39. The number of carbonyl (C=O) groups is 2. The minimum atomic E-state index is -4.80. The Hall–Kier alpha value is -4.10. The normalized spacial score (nSPS) is 15.2. The number of aromatic nitrogens is 2. The van der Waals surface area contributed by atoms with Gasteiger partial charge in [-0.25, -0.2) is 4.98 Å². The van der Waals surface area contributed by atoms with Crippen LogP contribution < -0.4 is 10.5 Å². The van der Waals surface area contributed by atoms with Gasteiger partial charge in [0.05, 0.1) is 28.4 Å². The predicted molar refractivity (Wildman–Crippen MR) is 132 cm³/mol. The van der Waals surface area contributed by atoms with Crippen LogP contribution in [0.1, 0.15) is 40.3 Å². The Morgan fingerprint density at radius 3 is 2.23 bits per heavy atom. The van der Waals surface area contributed by atoms with Crippen molar-refractivity contribution in [3.63, 3.8) is 0 Å². The summed E-state index contributed by atoms with van der Waals surface area (Å²) in [4.78, 5) is 43.3. The molecule has 40 heavy (non-hydrogen) atoms. The van der Waals surface area contributed by atoms with Gasteiger partial charge in [0, 0.05) is 31.4 Å². The molecule has 0 saturated carbocycles. The third-order valence-corrected chi connectivity index (χ3v) is 7.10. The lowest BCUT2D eigenvalue weighted by Gasteiger charge is -2.40. The Kier molecular flexibility index (Phi) is 7.32. The van der Waals surface area contributed by atoms with Crippen molar-refractivity contribution in [2.45, 2.75) is 38.8 Å². The summed E-state index contributed by atoms with van der Waals surface area (Å²) in [6.45, 7) is 1.22. The van der Waals surface area contributed by atoms with E-state index in [0.717, 1.165) is 21.6 Å². The Bertz CT molecular complexity index is 1530. The van der Waals surface area contributed by atoms with Crippen LogP contribution in [-0.2, 0) is 17.5 Å². The van der Waals surface area contributed by atoms with Crippen molar-refractivity contribution in [3.05, 3.63) is 69.3 Å². The number of nitrogens with zero attached hydrogens (tertiary/aromatic N) is 4. The number of benzene rings is 2. The molecule has 1 aliphatic heterocycles. The van der Waals surface area contributed by atoms with Gasteiger partial charge in [0.25, 0.3) is 11.5 Å². The molecule has 4 rings (SSSR count). The summed E-state index contributed by atoms with van der Waals surface area (Å²) in [5.41, 5.74) is -1.77. The largest absolute Gasteiger partial charge is 0.480 e. The van der Waals surface area contributed by atoms with Gasteiger partial charge in [0.1, 0.15) is 12.4 Å². The number of carboxylic acid groups (broad SMARTS) is 1. The van der Waals surface area contributed by atoms with Crippen LogP contribution in [0.15, 0.2) is 41.2 Å². The van der Waals surface area contributed by atoms with Crippen LogP contribution >= 0.6 is 0 Å². The molecule has 1 aliphatic rings. The zero-order chi connectivity index (χ0) is 29.7. The second-order valence-corrected chi connectivity index (χ2v) is 9.68. The molecule has 1 saturated heterocycles. The number of halogens is 6. The lowest BCUT2D eigenvalue weighted by atomic mass is 9.96. The first-order valence-electron chi connectivity index (χ1n) is 12.0. The van der Waals surface area contributed by atoms with Gasteiger partial charge >= 0.3 is 18.3 Å². The van der Waals surface area contributed by atoms with E-state index in [1.54, 1.807) is 0 Å². The number of hydrogen-bond acceptors (Lipinski definition) is 5. The van der Waals surface area contributed by atoms with Crippen LogP contribution in [0.4, 0.5) is 32.0 Å². The maximum atomic E-state index is 14.1. The Balaban J connectivity index is 1.65. The van der Waals surface area contributed by atoms with Crippen molar-refractivity contribution in [2.75, 3.05) is 25.0 Å². The highest BCUT2D eigenvalue weighted by Gasteiger charge is 2.48. The van der Waals surface area contributed by atoms with Gasteiger partial charge in [-0.15, -0.1) is 0 Å². The van der Waals surface area contributed by atoms with E-state index < -0.39 is 66.9 Å². The van der Waals surface area contributed by atoms with Crippen LogP contribution in [0, 0.1) is 12.8 Å². The van der Waals surface area contributed by atoms with E-state index in [1.807, 2.05) is 0 Å². The minimum Gasteiger partial charge on any atom is -0.480 e. The summed E-state index contributed by atoms with van der Waals surface area (Å²) in [7, 11) is 1.51. The summed E-state index contributed by atoms with van der Waals surface area (Å²) in [5.74, 6) is -3.52. The number of carboxylic acids is 1. The van der Waals surface area contributed by atoms with E-state index in [0.29, 0.717) is 5.69 Å². The van der Waals surface area contributed by atoms with E-state index in [1.165, 1.54) is 50.1 Å². The average molecular weight is 570 g/mol. The molecule has 1 fully saturated rings. The monoisotopic (exact) mass is 570 g/mol. The van der Waals surface area contributed by atoms with Gasteiger partial charge in [0.15, 0.2) is 0 Å². The molecule has 1 atom stereocenters. The molecule has 0 aliphatic carbocycles. The molecule has 2 heterocycles. The standard InChI is InChI=1S/C26H24F6N4O4/c1-13(34(3)17-6-4-15(5-7-17)23(39)35-10-16(11-35)25(27,28)29)18-8-19-21(9-20(18)26(30,31)32)33-14(2)36(24(19)40)12-22(37)38/h4-9,13,16H,10-12H2,1-3H3,(H,37,38). The zero-order valence-corrected chi connectivity index (χ0v) is 21.5. The number of rotatable bonds is 6. The third kappa shape index (κ3) is 5.47. The van der Waals surface area contributed by atoms with Crippen molar-refractivity contribution < 1.29 is 41.0 Å². The van der Waals surface area contributed by atoms with Crippen molar-refractivity contribution in [1.82, 2.24) is 14.5 Å². The van der Waals surface area contributed by atoms with Crippen LogP contribution in [0.3, 0.4) is 0 Å². The number of likely N-dealkylation sites (tertiary alicyclic amines) is 1. The first kappa shape index (κ1) is 28.9. The molecule has 0 bridgehead atoms. The quantitative estimate of drug-likeness (QED) is 0.434. The first-order valence-corrected chi connectivity index (χ1v) is 12.0. The second kappa shape index (κ2) is 10.1. The Labute approximate surface area is 223 Å². The first-order chi connectivity index (χ1) is 18.5. The molecule has 8 nitrogen and oxygen atoms in total. The van der Waals surface area contributed by atoms with Crippen molar-refractivity contribution in [2.24, 2.45) is 5.92 Å². The number of anilines is 1. The van der Waals surface area contributed by atoms with Crippen LogP contribution in [-0.4, -0.2) is 57.7 Å². The van der Waals surface area contributed by atoms with Crippen molar-refractivity contribution >= 4 is 28.5 Å². The zero-order valence-electron chi connectivity index (χ0n) is 21.5. The van der Waals surface area contributed by atoms with Gasteiger partial charge < -0.3 is 14.9 Å². The number of hydrogen-bond donors (Lipinski definition) is 1. The average Bonchev–Trinajstić information content (AvgIpc) is 2.82. The topological polar surface area (TPSA) is 95.7 Å². The number of aryl methyl sites for hydroxylation is 1. The Morgan fingerprint density at radius 2 is 1.70 bits per heavy atom. The number of amides is 1. The van der Waals surface area contributed by atoms with Gasteiger partial charge in [-0.05, 0) is 55.8 Å². The molecule has 14 heteroatoms. The summed E-state index contributed by atoms with van der Waals surface area (Å²) in [5, 5.41) is 8.94. The number of fused-ring (bicyclic) bond motifs is 1. The molecule has 1 N–H and O–H groups in total. The number of aliphatic carboxylic acids is 1. The van der Waals surface area contributed by atoms with Crippen molar-refractivity contribution in [3.8, 4) is 0 Å².